The number of rotatable bonds is 5. The Morgan fingerprint density at radius 2 is 2.39 bits per heavy atom. The standard InChI is InChI=1S/C13H24N2O3/c1-17-11-8-12(15-9-11)13(16)14-6-5-10-4-2-3-7-18-10/h10-12,15H,2-9H2,1H3,(H,14,16). The summed E-state index contributed by atoms with van der Waals surface area (Å²) in [6.45, 7) is 2.35. The Hall–Kier alpha value is -0.650. The van der Waals surface area contributed by atoms with Gasteiger partial charge >= 0.3 is 0 Å². The summed E-state index contributed by atoms with van der Waals surface area (Å²) in [6, 6.07) is -0.0952. The Kier molecular flexibility index (Phi) is 5.41. The molecule has 2 aliphatic heterocycles. The highest BCUT2D eigenvalue weighted by Gasteiger charge is 2.29. The molecule has 0 aromatic carbocycles. The minimum atomic E-state index is -0.0952. The first-order valence-corrected chi connectivity index (χ1v) is 6.95. The molecule has 5 nitrogen and oxygen atoms in total. The number of methoxy groups -OCH3 is 1. The van der Waals surface area contributed by atoms with Gasteiger partial charge in [0.25, 0.3) is 0 Å². The van der Waals surface area contributed by atoms with Gasteiger partial charge in [-0.25, -0.2) is 0 Å². The van der Waals surface area contributed by atoms with Crippen LogP contribution in [0, 0.1) is 0 Å². The zero-order chi connectivity index (χ0) is 12.8. The van der Waals surface area contributed by atoms with E-state index in [2.05, 4.69) is 10.6 Å². The van der Waals surface area contributed by atoms with E-state index in [1.54, 1.807) is 7.11 Å². The van der Waals surface area contributed by atoms with Gasteiger partial charge in [-0.3, -0.25) is 4.79 Å². The van der Waals surface area contributed by atoms with E-state index in [1.807, 2.05) is 0 Å². The topological polar surface area (TPSA) is 59.6 Å². The number of carbonyl (C=O) groups excluding carboxylic acids is 1. The van der Waals surface area contributed by atoms with Crippen LogP contribution in [0.1, 0.15) is 32.1 Å². The summed E-state index contributed by atoms with van der Waals surface area (Å²) in [4.78, 5) is 11.9. The van der Waals surface area contributed by atoms with Gasteiger partial charge in [-0.15, -0.1) is 0 Å². The van der Waals surface area contributed by atoms with Crippen LogP contribution in [0.15, 0.2) is 0 Å². The van der Waals surface area contributed by atoms with Crippen LogP contribution in [0.2, 0.25) is 0 Å². The molecule has 0 aliphatic carbocycles. The Labute approximate surface area is 109 Å². The van der Waals surface area contributed by atoms with Gasteiger partial charge in [0, 0.05) is 26.8 Å². The van der Waals surface area contributed by atoms with Crippen molar-refractivity contribution in [3.8, 4) is 0 Å². The van der Waals surface area contributed by atoms with Gasteiger partial charge in [-0.05, 0) is 32.1 Å². The lowest BCUT2D eigenvalue weighted by Crippen LogP contribution is -2.41. The van der Waals surface area contributed by atoms with Crippen LogP contribution in [0.4, 0.5) is 0 Å². The van der Waals surface area contributed by atoms with Gasteiger partial charge in [0.2, 0.25) is 5.91 Å². The highest BCUT2D eigenvalue weighted by molar-refractivity contribution is 5.82. The van der Waals surface area contributed by atoms with Crippen molar-refractivity contribution in [3.05, 3.63) is 0 Å². The maximum atomic E-state index is 11.9. The summed E-state index contributed by atoms with van der Waals surface area (Å²) in [7, 11) is 1.69. The van der Waals surface area contributed by atoms with Crippen molar-refractivity contribution in [2.24, 2.45) is 0 Å². The lowest BCUT2D eigenvalue weighted by atomic mass is 10.1. The molecule has 0 aromatic rings. The third kappa shape index (κ3) is 3.93. The molecular formula is C13H24N2O3. The maximum Gasteiger partial charge on any atom is 0.237 e. The van der Waals surface area contributed by atoms with Crippen LogP contribution in [0.3, 0.4) is 0 Å². The molecule has 3 atom stereocenters. The second kappa shape index (κ2) is 7.07. The Bertz CT molecular complexity index is 267. The second-order valence-electron chi connectivity index (χ2n) is 5.12. The predicted molar refractivity (Wildman–Crippen MR) is 68.4 cm³/mol. The van der Waals surface area contributed by atoms with Crippen molar-refractivity contribution >= 4 is 5.91 Å². The van der Waals surface area contributed by atoms with Crippen LogP contribution < -0.4 is 10.6 Å². The monoisotopic (exact) mass is 256 g/mol. The number of hydrogen-bond acceptors (Lipinski definition) is 4. The smallest absolute Gasteiger partial charge is 0.237 e. The molecule has 2 N–H and O–H groups in total. The minimum Gasteiger partial charge on any atom is -0.380 e. The first kappa shape index (κ1) is 13.8. The quantitative estimate of drug-likeness (QED) is 0.749. The highest BCUT2D eigenvalue weighted by atomic mass is 16.5. The minimum absolute atomic E-state index is 0.0883. The molecular weight excluding hydrogens is 232 g/mol. The van der Waals surface area contributed by atoms with E-state index in [0.717, 1.165) is 32.4 Å². The normalized spacial score (nSPS) is 32.4. The number of hydrogen-bond donors (Lipinski definition) is 2. The lowest BCUT2D eigenvalue weighted by molar-refractivity contribution is -0.123. The fourth-order valence-electron chi connectivity index (χ4n) is 2.60. The molecule has 1 amide bonds. The molecule has 104 valence electrons. The van der Waals surface area contributed by atoms with Gasteiger partial charge in [-0.1, -0.05) is 0 Å². The molecule has 0 aromatic heterocycles. The molecule has 0 radical (unpaired) electrons. The third-order valence-corrected chi connectivity index (χ3v) is 3.78. The van der Waals surface area contributed by atoms with Gasteiger partial charge in [0.05, 0.1) is 18.2 Å². The van der Waals surface area contributed by atoms with Crippen LogP contribution in [-0.4, -0.2) is 51.0 Å². The summed E-state index contributed by atoms with van der Waals surface area (Å²) in [5.74, 6) is 0.0883. The Morgan fingerprint density at radius 1 is 1.50 bits per heavy atom. The molecule has 18 heavy (non-hydrogen) atoms. The number of nitrogens with one attached hydrogen (secondary N) is 2. The molecule has 2 aliphatic rings. The summed E-state index contributed by atoms with van der Waals surface area (Å²) in [6.07, 6.45) is 5.74. The number of carbonyl (C=O) groups is 1. The lowest BCUT2D eigenvalue weighted by Gasteiger charge is -2.22. The van der Waals surface area contributed by atoms with E-state index in [0.29, 0.717) is 12.6 Å². The zero-order valence-electron chi connectivity index (χ0n) is 11.1. The van der Waals surface area contributed by atoms with E-state index < -0.39 is 0 Å². The van der Waals surface area contributed by atoms with Gasteiger partial charge < -0.3 is 20.1 Å². The van der Waals surface area contributed by atoms with E-state index in [-0.39, 0.29) is 18.1 Å². The largest absolute Gasteiger partial charge is 0.380 e. The molecule has 5 heteroatoms. The van der Waals surface area contributed by atoms with Gasteiger partial charge in [0.15, 0.2) is 0 Å². The van der Waals surface area contributed by atoms with E-state index in [4.69, 9.17) is 9.47 Å². The number of ether oxygens (including phenoxy) is 2. The SMILES string of the molecule is COC1CNC(C(=O)NCCC2CCCCO2)C1. The fraction of sp³-hybridized carbons (Fsp3) is 0.923. The van der Waals surface area contributed by atoms with Crippen molar-refractivity contribution in [2.75, 3.05) is 26.8 Å². The maximum absolute atomic E-state index is 11.9. The first-order valence-electron chi connectivity index (χ1n) is 6.95. The van der Waals surface area contributed by atoms with E-state index >= 15 is 0 Å². The van der Waals surface area contributed by atoms with Gasteiger partial charge in [-0.2, -0.15) is 0 Å². The summed E-state index contributed by atoms with van der Waals surface area (Å²) < 4.78 is 10.9. The van der Waals surface area contributed by atoms with E-state index in [1.165, 1.54) is 12.8 Å². The average molecular weight is 256 g/mol. The van der Waals surface area contributed by atoms with Crippen molar-refractivity contribution in [1.82, 2.24) is 10.6 Å². The fourth-order valence-corrected chi connectivity index (χ4v) is 2.60. The van der Waals surface area contributed by atoms with E-state index in [9.17, 15) is 4.79 Å². The zero-order valence-corrected chi connectivity index (χ0v) is 11.1. The molecule has 0 spiro atoms. The molecule has 0 saturated carbocycles. The van der Waals surface area contributed by atoms with Crippen molar-refractivity contribution in [2.45, 2.75) is 50.4 Å². The van der Waals surface area contributed by atoms with Crippen LogP contribution >= 0.6 is 0 Å². The molecule has 2 fully saturated rings. The average Bonchev–Trinajstić information content (AvgIpc) is 2.89. The predicted octanol–water partition coefficient (Wildman–Crippen LogP) is 0.439. The summed E-state index contributed by atoms with van der Waals surface area (Å²) in [5, 5.41) is 6.16. The van der Waals surface area contributed by atoms with Crippen LogP contribution in [-0.2, 0) is 14.3 Å². The van der Waals surface area contributed by atoms with Crippen LogP contribution in [0.25, 0.3) is 0 Å². The second-order valence-corrected chi connectivity index (χ2v) is 5.12. The van der Waals surface area contributed by atoms with Crippen molar-refractivity contribution in [3.63, 3.8) is 0 Å². The van der Waals surface area contributed by atoms with Crippen LogP contribution in [0.5, 0.6) is 0 Å². The van der Waals surface area contributed by atoms with Crippen molar-refractivity contribution < 1.29 is 14.3 Å². The molecule has 2 heterocycles. The third-order valence-electron chi connectivity index (χ3n) is 3.78. The summed E-state index contributed by atoms with van der Waals surface area (Å²) >= 11 is 0. The molecule has 2 rings (SSSR count). The Morgan fingerprint density at radius 3 is 3.06 bits per heavy atom. The van der Waals surface area contributed by atoms with Crippen molar-refractivity contribution in [1.29, 1.82) is 0 Å². The number of amides is 1. The highest BCUT2D eigenvalue weighted by Crippen LogP contribution is 2.15. The summed E-state index contributed by atoms with van der Waals surface area (Å²) in [5.41, 5.74) is 0. The molecule has 0 bridgehead atoms. The Balaban J connectivity index is 1.60. The molecule has 3 unspecified atom stereocenters. The molecule has 2 saturated heterocycles. The first-order chi connectivity index (χ1) is 8.79. The van der Waals surface area contributed by atoms with Gasteiger partial charge in [0.1, 0.15) is 0 Å².